The zero-order valence-corrected chi connectivity index (χ0v) is 9.61. The fraction of sp³-hybridized carbons (Fsp3) is 0.833. The molecule has 82 valence electrons. The van der Waals surface area contributed by atoms with Crippen LogP contribution >= 0.6 is 0 Å². The summed E-state index contributed by atoms with van der Waals surface area (Å²) in [6.45, 7) is 2.34. The number of fused-ring (bicyclic) bond motifs is 2. The Kier molecular flexibility index (Phi) is 2.08. The molecule has 2 aliphatic rings. The summed E-state index contributed by atoms with van der Waals surface area (Å²) >= 11 is 0. The van der Waals surface area contributed by atoms with E-state index in [0.29, 0.717) is 0 Å². The van der Waals surface area contributed by atoms with E-state index < -0.39 is 0 Å². The van der Waals surface area contributed by atoms with Crippen molar-refractivity contribution in [2.75, 3.05) is 0 Å². The van der Waals surface area contributed by atoms with Crippen molar-refractivity contribution in [3.05, 3.63) is 11.4 Å². The minimum atomic E-state index is 1.00. The number of aromatic nitrogens is 3. The Morgan fingerprint density at radius 3 is 2.73 bits per heavy atom. The Labute approximate surface area is 90.9 Å². The van der Waals surface area contributed by atoms with Gasteiger partial charge in [-0.2, -0.15) is 0 Å². The predicted molar refractivity (Wildman–Crippen MR) is 58.4 cm³/mol. The third kappa shape index (κ3) is 1.40. The minimum absolute atomic E-state index is 1.00. The van der Waals surface area contributed by atoms with Gasteiger partial charge in [0.15, 0.2) is 0 Å². The largest absolute Gasteiger partial charge is 0.252 e. The molecule has 3 atom stereocenters. The molecular formula is C12H19N3. The molecule has 0 spiro atoms. The van der Waals surface area contributed by atoms with Crippen LogP contribution in [0.3, 0.4) is 0 Å². The average molecular weight is 205 g/mol. The van der Waals surface area contributed by atoms with Crippen molar-refractivity contribution in [1.82, 2.24) is 15.0 Å². The van der Waals surface area contributed by atoms with Crippen LogP contribution in [0.1, 0.15) is 37.6 Å². The maximum atomic E-state index is 4.27. The molecule has 15 heavy (non-hydrogen) atoms. The minimum Gasteiger partial charge on any atom is -0.252 e. The van der Waals surface area contributed by atoms with Gasteiger partial charge in [-0.25, -0.2) is 0 Å². The summed E-state index contributed by atoms with van der Waals surface area (Å²) in [5.41, 5.74) is 2.65. The zero-order chi connectivity index (χ0) is 10.4. The highest BCUT2D eigenvalue weighted by atomic mass is 15.4. The quantitative estimate of drug-likeness (QED) is 0.701. The first-order valence-electron chi connectivity index (χ1n) is 6.18. The van der Waals surface area contributed by atoms with E-state index in [9.17, 15) is 0 Å². The molecule has 1 unspecified atom stereocenters. The van der Waals surface area contributed by atoms with Crippen LogP contribution in [0.25, 0.3) is 0 Å². The lowest BCUT2D eigenvalue weighted by Gasteiger charge is -2.07. The summed E-state index contributed by atoms with van der Waals surface area (Å²) < 4.78 is 1.97. The lowest BCUT2D eigenvalue weighted by Crippen LogP contribution is -2.04. The van der Waals surface area contributed by atoms with Crippen molar-refractivity contribution < 1.29 is 0 Å². The van der Waals surface area contributed by atoms with Crippen molar-refractivity contribution in [3.8, 4) is 0 Å². The van der Waals surface area contributed by atoms with Crippen LogP contribution < -0.4 is 0 Å². The van der Waals surface area contributed by atoms with Crippen molar-refractivity contribution in [3.63, 3.8) is 0 Å². The van der Waals surface area contributed by atoms with E-state index in [1.54, 1.807) is 0 Å². The Morgan fingerprint density at radius 2 is 2.00 bits per heavy atom. The summed E-state index contributed by atoms with van der Waals surface area (Å²) in [4.78, 5) is 0. The summed E-state index contributed by atoms with van der Waals surface area (Å²) in [6.07, 6.45) is 6.42. The van der Waals surface area contributed by atoms with Gasteiger partial charge in [0.05, 0.1) is 11.4 Å². The Hall–Kier alpha value is -0.860. The number of aryl methyl sites for hydroxylation is 2. The molecule has 3 nitrogen and oxygen atoms in total. The van der Waals surface area contributed by atoms with E-state index in [0.717, 1.165) is 24.2 Å². The molecule has 1 heterocycles. The van der Waals surface area contributed by atoms with Gasteiger partial charge in [-0.15, -0.1) is 5.10 Å². The number of hydrogen-bond donors (Lipinski definition) is 0. The van der Waals surface area contributed by atoms with Gasteiger partial charge in [0.2, 0.25) is 0 Å². The van der Waals surface area contributed by atoms with Gasteiger partial charge in [0.1, 0.15) is 0 Å². The molecule has 1 aromatic rings. The van der Waals surface area contributed by atoms with E-state index in [1.165, 1.54) is 37.1 Å². The fourth-order valence-corrected chi connectivity index (χ4v) is 3.51. The lowest BCUT2D eigenvalue weighted by molar-refractivity contribution is 0.566. The lowest BCUT2D eigenvalue weighted by atomic mass is 10.0. The van der Waals surface area contributed by atoms with Crippen molar-refractivity contribution in [2.45, 2.75) is 39.0 Å². The average Bonchev–Trinajstić information content (AvgIpc) is 2.76. The Bertz CT molecular complexity index is 369. The topological polar surface area (TPSA) is 30.7 Å². The zero-order valence-electron chi connectivity index (χ0n) is 9.61. The van der Waals surface area contributed by atoms with Gasteiger partial charge in [0, 0.05) is 7.05 Å². The second-order valence-electron chi connectivity index (χ2n) is 5.08. The highest BCUT2D eigenvalue weighted by molar-refractivity contribution is 5.14. The summed E-state index contributed by atoms with van der Waals surface area (Å²) in [7, 11) is 2.02. The van der Waals surface area contributed by atoms with Crippen LogP contribution in [0.2, 0.25) is 0 Å². The number of hydrogen-bond acceptors (Lipinski definition) is 2. The van der Waals surface area contributed by atoms with Crippen LogP contribution in [0.4, 0.5) is 0 Å². The maximum absolute atomic E-state index is 4.27. The predicted octanol–water partition coefficient (Wildman–Crippen LogP) is 1.97. The first kappa shape index (κ1) is 9.37. The van der Waals surface area contributed by atoms with Gasteiger partial charge in [0.25, 0.3) is 0 Å². The van der Waals surface area contributed by atoms with Crippen LogP contribution in [0.5, 0.6) is 0 Å². The van der Waals surface area contributed by atoms with E-state index in [2.05, 4.69) is 17.2 Å². The molecule has 0 radical (unpaired) electrons. The molecule has 0 N–H and O–H groups in total. The Morgan fingerprint density at radius 1 is 1.27 bits per heavy atom. The Balaban J connectivity index is 1.80. The highest BCUT2D eigenvalue weighted by Crippen LogP contribution is 2.54. The van der Waals surface area contributed by atoms with E-state index >= 15 is 0 Å². The molecule has 1 aromatic heterocycles. The molecule has 0 amide bonds. The van der Waals surface area contributed by atoms with E-state index in [4.69, 9.17) is 0 Å². The molecule has 2 aliphatic carbocycles. The van der Waals surface area contributed by atoms with Crippen LogP contribution in [-0.2, 0) is 19.9 Å². The smallest absolute Gasteiger partial charge is 0.0859 e. The summed E-state index contributed by atoms with van der Waals surface area (Å²) in [5, 5.41) is 8.40. The first-order chi connectivity index (χ1) is 7.31. The van der Waals surface area contributed by atoms with E-state index in [-0.39, 0.29) is 0 Å². The molecule has 1 fully saturated rings. The summed E-state index contributed by atoms with van der Waals surface area (Å²) in [6, 6.07) is 0. The SMILES string of the molecule is CCC1[C@H]2CCc3nnn(C)c3CC[C@@H]12. The van der Waals surface area contributed by atoms with Gasteiger partial charge in [-0.3, -0.25) is 4.68 Å². The van der Waals surface area contributed by atoms with Gasteiger partial charge in [-0.1, -0.05) is 18.6 Å². The molecule has 0 aromatic carbocycles. The monoisotopic (exact) mass is 205 g/mol. The highest BCUT2D eigenvalue weighted by Gasteiger charge is 2.48. The van der Waals surface area contributed by atoms with Crippen molar-refractivity contribution in [1.29, 1.82) is 0 Å². The third-order valence-corrected chi connectivity index (χ3v) is 4.43. The van der Waals surface area contributed by atoms with E-state index in [1.807, 2.05) is 11.7 Å². The number of nitrogens with zero attached hydrogens (tertiary/aromatic N) is 3. The normalized spacial score (nSPS) is 33.9. The van der Waals surface area contributed by atoms with Crippen LogP contribution in [0, 0.1) is 17.8 Å². The fourth-order valence-electron chi connectivity index (χ4n) is 3.51. The van der Waals surface area contributed by atoms with Gasteiger partial charge in [-0.05, 0) is 43.4 Å². The molecule has 0 aliphatic heterocycles. The first-order valence-corrected chi connectivity index (χ1v) is 6.18. The molecular weight excluding hydrogens is 186 g/mol. The second kappa shape index (κ2) is 3.32. The molecule has 3 heteroatoms. The molecule has 0 bridgehead atoms. The molecule has 3 rings (SSSR count). The molecule has 1 saturated carbocycles. The van der Waals surface area contributed by atoms with Crippen LogP contribution in [-0.4, -0.2) is 15.0 Å². The van der Waals surface area contributed by atoms with Crippen molar-refractivity contribution in [2.24, 2.45) is 24.8 Å². The van der Waals surface area contributed by atoms with Crippen molar-refractivity contribution >= 4 is 0 Å². The number of rotatable bonds is 1. The third-order valence-electron chi connectivity index (χ3n) is 4.43. The standard InChI is InChI=1S/C12H19N3/c1-3-8-9-4-6-11-12(7-5-10(8)9)15(2)14-13-11/h8-10H,3-7H2,1-2H3/t8?,9-,10+/m1/s1. The van der Waals surface area contributed by atoms with Gasteiger partial charge >= 0.3 is 0 Å². The second-order valence-corrected chi connectivity index (χ2v) is 5.08. The molecule has 0 saturated heterocycles. The van der Waals surface area contributed by atoms with Crippen LogP contribution in [0.15, 0.2) is 0 Å². The van der Waals surface area contributed by atoms with Gasteiger partial charge < -0.3 is 0 Å². The maximum Gasteiger partial charge on any atom is 0.0859 e. The summed E-state index contributed by atoms with van der Waals surface area (Å²) in [5.74, 6) is 3.04.